The smallest absolute Gasteiger partial charge is 0.209 e. The molecule has 2 saturated heterocycles. The summed E-state index contributed by atoms with van der Waals surface area (Å²) >= 11 is 6.09. The van der Waals surface area contributed by atoms with Crippen molar-refractivity contribution in [1.82, 2.24) is 10.2 Å². The molecule has 1 aromatic rings. The minimum Gasteiger partial charge on any atom is -0.468 e. The molecule has 2 aliphatic rings. The Morgan fingerprint density at radius 2 is 2.00 bits per heavy atom. The number of ether oxygens (including phenoxy) is 1. The van der Waals surface area contributed by atoms with E-state index in [0.717, 1.165) is 56.6 Å². The highest BCUT2D eigenvalue weighted by Gasteiger charge is 2.41. The van der Waals surface area contributed by atoms with E-state index >= 15 is 0 Å². The second kappa shape index (κ2) is 6.80. The first kappa shape index (κ1) is 16.7. The Morgan fingerprint density at radius 1 is 1.30 bits per heavy atom. The normalized spacial score (nSPS) is 21.9. The number of piperidine rings is 1. The Labute approximate surface area is 143 Å². The predicted octanol–water partition coefficient (Wildman–Crippen LogP) is 3.05. The molecule has 2 aliphatic heterocycles. The van der Waals surface area contributed by atoms with Crippen molar-refractivity contribution in [3.05, 3.63) is 28.8 Å². The minimum atomic E-state index is -0.515. The predicted molar refractivity (Wildman–Crippen MR) is 92.1 cm³/mol. The van der Waals surface area contributed by atoms with Crippen LogP contribution in [0.2, 0.25) is 5.02 Å². The fourth-order valence-electron chi connectivity index (χ4n) is 3.48. The molecule has 0 amide bonds. The van der Waals surface area contributed by atoms with Crippen LogP contribution in [0.3, 0.4) is 0 Å². The monoisotopic (exact) mass is 336 g/mol. The van der Waals surface area contributed by atoms with E-state index in [1.807, 2.05) is 18.2 Å². The summed E-state index contributed by atoms with van der Waals surface area (Å²) < 4.78 is 6.05. The van der Waals surface area contributed by atoms with E-state index in [4.69, 9.17) is 16.3 Å². The van der Waals surface area contributed by atoms with Crippen LogP contribution in [0.5, 0.6) is 5.75 Å². The van der Waals surface area contributed by atoms with E-state index in [-0.39, 0.29) is 0 Å². The summed E-state index contributed by atoms with van der Waals surface area (Å²) in [6, 6.07) is 5.61. The van der Waals surface area contributed by atoms with Gasteiger partial charge in [-0.15, -0.1) is 0 Å². The van der Waals surface area contributed by atoms with Crippen LogP contribution in [-0.4, -0.2) is 43.6 Å². The third-order valence-electron chi connectivity index (χ3n) is 5.18. The minimum absolute atomic E-state index is 0.293. The maximum Gasteiger partial charge on any atom is 0.209 e. The lowest BCUT2D eigenvalue weighted by atomic mass is 9.73. The van der Waals surface area contributed by atoms with Crippen molar-refractivity contribution in [1.29, 1.82) is 0 Å². The highest BCUT2D eigenvalue weighted by Crippen LogP contribution is 2.36. The van der Waals surface area contributed by atoms with Crippen molar-refractivity contribution in [3.8, 4) is 5.75 Å². The molecule has 1 N–H and O–H groups in total. The summed E-state index contributed by atoms with van der Waals surface area (Å²) in [7, 11) is 0. The number of nitrogens with zero attached hydrogens (tertiary/aromatic N) is 1. The molecule has 0 aromatic heterocycles. The van der Waals surface area contributed by atoms with Crippen molar-refractivity contribution >= 4 is 17.9 Å². The number of likely N-dealkylation sites (tertiary alicyclic amines) is 1. The zero-order valence-electron chi connectivity index (χ0n) is 13.8. The molecule has 1 aromatic carbocycles. The Bertz CT molecular complexity index is 562. The average Bonchev–Trinajstić information content (AvgIpc) is 2.52. The van der Waals surface area contributed by atoms with Gasteiger partial charge in [-0.25, -0.2) is 0 Å². The van der Waals surface area contributed by atoms with E-state index < -0.39 is 6.23 Å². The molecule has 0 aliphatic carbocycles. The third kappa shape index (κ3) is 3.54. The van der Waals surface area contributed by atoms with Crippen LogP contribution in [0.15, 0.2) is 18.2 Å². The topological polar surface area (TPSA) is 41.6 Å². The lowest BCUT2D eigenvalue weighted by Gasteiger charge is -2.49. The van der Waals surface area contributed by atoms with Crippen LogP contribution in [0.4, 0.5) is 0 Å². The molecule has 126 valence electrons. The molecule has 0 bridgehead atoms. The maximum atomic E-state index is 11.6. The van der Waals surface area contributed by atoms with Gasteiger partial charge in [-0.05, 0) is 47.9 Å². The first-order valence-electron chi connectivity index (χ1n) is 8.39. The summed E-state index contributed by atoms with van der Waals surface area (Å²) in [6.45, 7) is 8.25. The van der Waals surface area contributed by atoms with Gasteiger partial charge in [0.25, 0.3) is 0 Å². The molecule has 0 radical (unpaired) electrons. The van der Waals surface area contributed by atoms with Crippen LogP contribution >= 0.6 is 11.6 Å². The average molecular weight is 337 g/mol. The third-order valence-corrected chi connectivity index (χ3v) is 5.41. The van der Waals surface area contributed by atoms with Gasteiger partial charge >= 0.3 is 0 Å². The molecule has 23 heavy (non-hydrogen) atoms. The number of carbonyl (C=O) groups excluding carboxylic acids is 1. The number of aldehydes is 1. The van der Waals surface area contributed by atoms with Gasteiger partial charge in [-0.2, -0.15) is 0 Å². The molecule has 5 heteroatoms. The number of benzene rings is 1. The number of hydrogen-bond donors (Lipinski definition) is 1. The Kier molecular flexibility index (Phi) is 4.95. The second-order valence-electron chi connectivity index (χ2n) is 7.12. The van der Waals surface area contributed by atoms with Gasteiger partial charge in [-0.1, -0.05) is 25.4 Å². The molecule has 3 rings (SSSR count). The lowest BCUT2D eigenvalue weighted by molar-refractivity contribution is -0.124. The summed E-state index contributed by atoms with van der Waals surface area (Å²) in [4.78, 5) is 13.7. The fourth-order valence-corrected chi connectivity index (χ4v) is 3.66. The number of rotatable bonds is 5. The van der Waals surface area contributed by atoms with Gasteiger partial charge in [0, 0.05) is 31.2 Å². The van der Waals surface area contributed by atoms with E-state index in [2.05, 4.69) is 24.1 Å². The highest BCUT2D eigenvalue weighted by atomic mass is 35.5. The molecule has 4 nitrogen and oxygen atoms in total. The van der Waals surface area contributed by atoms with Crippen molar-refractivity contribution < 1.29 is 9.53 Å². The SMILES string of the molecule is CC(C)c1cc(Cl)ccc1OC(C=O)N1CCC2(CC1)CNC2. The summed E-state index contributed by atoms with van der Waals surface area (Å²) in [5.41, 5.74) is 1.51. The Hall–Kier alpha value is -1.10. The lowest BCUT2D eigenvalue weighted by Crippen LogP contribution is -2.59. The van der Waals surface area contributed by atoms with Crippen molar-refractivity contribution in [2.24, 2.45) is 5.41 Å². The van der Waals surface area contributed by atoms with E-state index in [1.165, 1.54) is 0 Å². The Balaban J connectivity index is 1.69. The van der Waals surface area contributed by atoms with Gasteiger partial charge < -0.3 is 10.1 Å². The van der Waals surface area contributed by atoms with Gasteiger partial charge in [0.1, 0.15) is 5.75 Å². The van der Waals surface area contributed by atoms with Crippen LogP contribution in [0.1, 0.15) is 38.2 Å². The number of hydrogen-bond acceptors (Lipinski definition) is 4. The molecule has 2 heterocycles. The second-order valence-corrected chi connectivity index (χ2v) is 7.56. The molecule has 0 saturated carbocycles. The summed E-state index contributed by atoms with van der Waals surface area (Å²) in [5, 5.41) is 4.06. The van der Waals surface area contributed by atoms with Gasteiger partial charge in [0.15, 0.2) is 6.29 Å². The van der Waals surface area contributed by atoms with Gasteiger partial charge in [-0.3, -0.25) is 9.69 Å². The molecule has 1 atom stereocenters. The molecule has 2 fully saturated rings. The number of carbonyl (C=O) groups is 1. The maximum absolute atomic E-state index is 11.6. The Morgan fingerprint density at radius 3 is 2.52 bits per heavy atom. The van der Waals surface area contributed by atoms with Gasteiger partial charge in [0.2, 0.25) is 6.23 Å². The molecule has 1 spiro atoms. The first-order chi connectivity index (χ1) is 11.0. The molecule has 1 unspecified atom stereocenters. The van der Waals surface area contributed by atoms with E-state index in [9.17, 15) is 4.79 Å². The van der Waals surface area contributed by atoms with E-state index in [0.29, 0.717) is 16.4 Å². The zero-order chi connectivity index (χ0) is 16.4. The first-order valence-corrected chi connectivity index (χ1v) is 8.77. The number of halogens is 1. The fraction of sp³-hybridized carbons (Fsp3) is 0.611. The summed E-state index contributed by atoms with van der Waals surface area (Å²) in [6.07, 6.45) is 2.66. The quantitative estimate of drug-likeness (QED) is 0.839. The zero-order valence-corrected chi connectivity index (χ0v) is 14.6. The van der Waals surface area contributed by atoms with E-state index in [1.54, 1.807) is 0 Å². The van der Waals surface area contributed by atoms with Crippen LogP contribution in [0, 0.1) is 5.41 Å². The number of nitrogens with one attached hydrogen (secondary N) is 1. The molecular formula is C18H25ClN2O2. The van der Waals surface area contributed by atoms with Crippen LogP contribution in [-0.2, 0) is 4.79 Å². The largest absolute Gasteiger partial charge is 0.468 e. The van der Waals surface area contributed by atoms with Gasteiger partial charge in [0.05, 0.1) is 0 Å². The highest BCUT2D eigenvalue weighted by molar-refractivity contribution is 6.30. The van der Waals surface area contributed by atoms with Crippen molar-refractivity contribution in [2.75, 3.05) is 26.2 Å². The van der Waals surface area contributed by atoms with Crippen LogP contribution < -0.4 is 10.1 Å². The summed E-state index contributed by atoms with van der Waals surface area (Å²) in [5.74, 6) is 1.05. The van der Waals surface area contributed by atoms with Crippen LogP contribution in [0.25, 0.3) is 0 Å². The molecular weight excluding hydrogens is 312 g/mol. The standard InChI is InChI=1S/C18H25ClN2O2/c1-13(2)15-9-14(19)3-4-16(15)23-17(10-22)21-7-5-18(6-8-21)11-20-12-18/h3-4,9-10,13,17,20H,5-8,11-12H2,1-2H3. The van der Waals surface area contributed by atoms with Crippen molar-refractivity contribution in [2.45, 2.75) is 38.8 Å². The van der Waals surface area contributed by atoms with Crippen molar-refractivity contribution in [3.63, 3.8) is 0 Å².